The Bertz CT molecular complexity index is 1170. The molecule has 0 saturated carbocycles. The highest BCUT2D eigenvalue weighted by atomic mass is 19.1. The summed E-state index contributed by atoms with van der Waals surface area (Å²) in [6.07, 6.45) is 29.6. The van der Waals surface area contributed by atoms with E-state index >= 15 is 0 Å². The predicted molar refractivity (Wildman–Crippen MR) is 171 cm³/mol. The van der Waals surface area contributed by atoms with Gasteiger partial charge in [0.2, 0.25) is 0 Å². The van der Waals surface area contributed by atoms with Gasteiger partial charge in [-0.25, -0.2) is 4.98 Å². The van der Waals surface area contributed by atoms with Crippen LogP contribution in [0.1, 0.15) is 98.8 Å². The molecule has 0 fully saturated rings. The number of anilines is 1. The quantitative estimate of drug-likeness (QED) is 0.136. The van der Waals surface area contributed by atoms with Gasteiger partial charge >= 0.3 is 0 Å². The third-order valence-electron chi connectivity index (χ3n) is 6.78. The van der Waals surface area contributed by atoms with Crippen LogP contribution in [-0.2, 0) is 4.79 Å². The van der Waals surface area contributed by atoms with Gasteiger partial charge in [0.05, 0.1) is 6.67 Å². The van der Waals surface area contributed by atoms with Crippen molar-refractivity contribution in [2.75, 3.05) is 12.0 Å². The number of terminal acetylenes is 1. The molecule has 0 aliphatic carbocycles. The molecule has 2 heterocycles. The average Bonchev–Trinajstić information content (AvgIpc) is 3.46. The Kier molecular flexibility index (Phi) is 17.8. The number of aromatic nitrogens is 1. The number of halogens is 1. The van der Waals surface area contributed by atoms with Gasteiger partial charge in [-0.05, 0) is 87.4 Å². The molecule has 6 heteroatoms. The van der Waals surface area contributed by atoms with E-state index in [0.717, 1.165) is 79.5 Å². The lowest BCUT2D eigenvalue weighted by Gasteiger charge is -2.16. The highest BCUT2D eigenvalue weighted by molar-refractivity contribution is 6.07. The summed E-state index contributed by atoms with van der Waals surface area (Å²) in [6, 6.07) is 2.18. The summed E-state index contributed by atoms with van der Waals surface area (Å²) in [4.78, 5) is 26.7. The number of carbonyl (C=O) groups excluding carboxylic acids is 1. The van der Waals surface area contributed by atoms with Crippen molar-refractivity contribution in [1.29, 1.82) is 0 Å². The summed E-state index contributed by atoms with van der Waals surface area (Å²) in [5.41, 5.74) is 2.73. The van der Waals surface area contributed by atoms with Gasteiger partial charge in [0.15, 0.2) is 0 Å². The monoisotopic (exact) mass is 548 g/mol. The second kappa shape index (κ2) is 20.6. The zero-order valence-corrected chi connectivity index (χ0v) is 25.3. The number of rotatable bonds is 16. The van der Waals surface area contributed by atoms with Crippen molar-refractivity contribution in [3.63, 3.8) is 0 Å². The second-order valence-electron chi connectivity index (χ2n) is 10.2. The molecule has 1 amide bonds. The molecule has 0 bridgehead atoms. The molecule has 0 radical (unpaired) electrons. The van der Waals surface area contributed by atoms with Crippen molar-refractivity contribution in [2.24, 2.45) is 15.9 Å². The topological polar surface area (TPSA) is 66.7 Å². The van der Waals surface area contributed by atoms with Crippen molar-refractivity contribution in [3.05, 3.63) is 46.1 Å². The van der Waals surface area contributed by atoms with E-state index < -0.39 is 0 Å². The predicted octanol–water partition coefficient (Wildman–Crippen LogP) is 7.12. The van der Waals surface area contributed by atoms with Gasteiger partial charge in [0, 0.05) is 30.6 Å². The van der Waals surface area contributed by atoms with Gasteiger partial charge < -0.3 is 5.32 Å². The SMILES string of the molecule is C#C.C/C=C(\C=NC(C)C)C/C=c1/cc(NC(=O)C2=CCC(C(CCC)CCCCCCCF)=N2)nc/c1=C/C. The van der Waals surface area contributed by atoms with Crippen LogP contribution in [0.4, 0.5) is 10.2 Å². The zero-order valence-electron chi connectivity index (χ0n) is 25.3. The molecule has 1 unspecified atom stereocenters. The fraction of sp³-hybridized carbons (Fsp3) is 0.529. The number of aliphatic imine (C=N–C) groups is 2. The number of nitrogens with zero attached hydrogens (tertiary/aromatic N) is 3. The molecular weight excluding hydrogens is 499 g/mol. The average molecular weight is 549 g/mol. The molecule has 0 saturated heterocycles. The van der Waals surface area contributed by atoms with Gasteiger partial charge in [0.1, 0.15) is 11.5 Å². The normalized spacial score (nSPS) is 15.2. The first-order chi connectivity index (χ1) is 19.4. The molecular formula is C34H49FN4O. The van der Waals surface area contributed by atoms with Crippen LogP contribution in [0.3, 0.4) is 0 Å². The van der Waals surface area contributed by atoms with Crippen LogP contribution < -0.4 is 15.8 Å². The van der Waals surface area contributed by atoms with Crippen molar-refractivity contribution in [3.8, 4) is 12.8 Å². The first-order valence-electron chi connectivity index (χ1n) is 14.7. The number of hydrogen-bond donors (Lipinski definition) is 1. The maximum absolute atomic E-state index is 13.0. The van der Waals surface area contributed by atoms with E-state index in [1.54, 1.807) is 6.20 Å². The lowest BCUT2D eigenvalue weighted by Crippen LogP contribution is -2.27. The van der Waals surface area contributed by atoms with Crippen LogP contribution in [0.25, 0.3) is 12.2 Å². The van der Waals surface area contributed by atoms with Crippen LogP contribution in [-0.4, -0.2) is 35.5 Å². The van der Waals surface area contributed by atoms with E-state index in [-0.39, 0.29) is 18.6 Å². The number of alkyl halides is 1. The van der Waals surface area contributed by atoms with Gasteiger partial charge in [-0.1, -0.05) is 57.3 Å². The Morgan fingerprint density at radius 1 is 1.12 bits per heavy atom. The van der Waals surface area contributed by atoms with E-state index in [1.807, 2.05) is 38.3 Å². The molecule has 1 atom stereocenters. The Hall–Kier alpha value is -3.33. The smallest absolute Gasteiger partial charge is 0.275 e. The van der Waals surface area contributed by atoms with Gasteiger partial charge in [0.25, 0.3) is 5.91 Å². The molecule has 0 spiro atoms. The molecule has 1 aliphatic rings. The first kappa shape index (κ1) is 34.7. The fourth-order valence-corrected chi connectivity index (χ4v) is 4.56. The van der Waals surface area contributed by atoms with Gasteiger partial charge in [-0.3, -0.25) is 19.2 Å². The van der Waals surface area contributed by atoms with Crippen molar-refractivity contribution < 1.29 is 9.18 Å². The molecule has 2 rings (SSSR count). The van der Waals surface area contributed by atoms with Crippen LogP contribution in [0.5, 0.6) is 0 Å². The highest BCUT2D eigenvalue weighted by Gasteiger charge is 2.22. The van der Waals surface area contributed by atoms with Crippen molar-refractivity contribution >= 4 is 35.8 Å². The summed E-state index contributed by atoms with van der Waals surface area (Å²) in [7, 11) is 0. The van der Waals surface area contributed by atoms with E-state index in [9.17, 15) is 9.18 Å². The van der Waals surface area contributed by atoms with E-state index in [0.29, 0.717) is 23.9 Å². The van der Waals surface area contributed by atoms with E-state index in [4.69, 9.17) is 4.99 Å². The molecule has 1 aliphatic heterocycles. The highest BCUT2D eigenvalue weighted by Crippen LogP contribution is 2.25. The Labute approximate surface area is 241 Å². The summed E-state index contributed by atoms with van der Waals surface area (Å²) in [5, 5.41) is 4.99. The number of unbranched alkanes of at least 4 members (excludes halogenated alkanes) is 4. The second-order valence-corrected chi connectivity index (χ2v) is 10.2. The van der Waals surface area contributed by atoms with Gasteiger partial charge in [-0.15, -0.1) is 12.8 Å². The first-order valence-corrected chi connectivity index (χ1v) is 14.7. The van der Waals surface area contributed by atoms with E-state index in [1.165, 1.54) is 0 Å². The third-order valence-corrected chi connectivity index (χ3v) is 6.78. The number of hydrogen-bond acceptors (Lipinski definition) is 4. The van der Waals surface area contributed by atoms with Crippen molar-refractivity contribution in [2.45, 2.75) is 105 Å². The summed E-state index contributed by atoms with van der Waals surface area (Å²) >= 11 is 0. The molecule has 1 aromatic heterocycles. The minimum Gasteiger partial charge on any atom is -0.305 e. The maximum atomic E-state index is 13.0. The Morgan fingerprint density at radius 3 is 2.50 bits per heavy atom. The maximum Gasteiger partial charge on any atom is 0.275 e. The van der Waals surface area contributed by atoms with Crippen LogP contribution in [0, 0.1) is 18.8 Å². The zero-order chi connectivity index (χ0) is 29.8. The summed E-state index contributed by atoms with van der Waals surface area (Å²) < 4.78 is 12.3. The van der Waals surface area contributed by atoms with E-state index in [2.05, 4.69) is 61.1 Å². The fourth-order valence-electron chi connectivity index (χ4n) is 4.56. The molecule has 40 heavy (non-hydrogen) atoms. The standard InChI is InChI=1S/C32H47FN4O.C2H2/c1-6-14-27(15-12-10-9-11-13-20-33)29-18-19-30(36-29)32(38)37-31-21-28(26(8-3)23-35-31)17-16-25(7-2)22-34-24(4)5;1-2/h7-8,17,19,21-24,27H,6,9-16,18,20H2,1-5H3,(H,37,38);1-2H/b25-7-,26-8-,28-17-,34-22?;. The number of carbonyl (C=O) groups is 1. The van der Waals surface area contributed by atoms with Crippen molar-refractivity contribution in [1.82, 2.24) is 4.98 Å². The molecule has 1 N–H and O–H groups in total. The minimum absolute atomic E-state index is 0.215. The van der Waals surface area contributed by atoms with Crippen LogP contribution in [0.2, 0.25) is 0 Å². The Morgan fingerprint density at radius 2 is 1.85 bits per heavy atom. The number of nitrogens with one attached hydrogen (secondary N) is 1. The molecule has 5 nitrogen and oxygen atoms in total. The molecule has 218 valence electrons. The van der Waals surface area contributed by atoms with Crippen LogP contribution >= 0.6 is 0 Å². The number of pyridine rings is 1. The lowest BCUT2D eigenvalue weighted by atomic mass is 9.90. The Balaban J connectivity index is 0.00000391. The largest absolute Gasteiger partial charge is 0.305 e. The number of amides is 1. The molecule has 0 aromatic carbocycles. The minimum atomic E-state index is -0.216. The summed E-state index contributed by atoms with van der Waals surface area (Å²) in [5.74, 6) is 0.709. The number of allylic oxidation sites excluding steroid dienone is 3. The molecule has 1 aromatic rings. The lowest BCUT2D eigenvalue weighted by molar-refractivity contribution is -0.112. The third kappa shape index (κ3) is 12.7. The van der Waals surface area contributed by atoms with Crippen LogP contribution in [0.15, 0.2) is 45.7 Å². The van der Waals surface area contributed by atoms with Gasteiger partial charge in [-0.2, -0.15) is 0 Å². The summed E-state index contributed by atoms with van der Waals surface area (Å²) in [6.45, 7) is 10.1.